The Balaban J connectivity index is 2.85. The van der Waals surface area contributed by atoms with Crippen LogP contribution in [0.2, 0.25) is 0 Å². The van der Waals surface area contributed by atoms with Gasteiger partial charge >= 0.3 is 5.97 Å². The van der Waals surface area contributed by atoms with Gasteiger partial charge in [-0.1, -0.05) is 30.3 Å². The molecule has 2 atom stereocenters. The molecule has 98 valence electrons. The third kappa shape index (κ3) is 3.85. The number of hydrogen-bond acceptors (Lipinski definition) is 4. The molecule has 0 aliphatic carbocycles. The Morgan fingerprint density at radius 3 is 2.44 bits per heavy atom. The second kappa shape index (κ2) is 6.76. The molecule has 0 saturated carbocycles. The van der Waals surface area contributed by atoms with E-state index in [1.807, 2.05) is 6.07 Å². The van der Waals surface area contributed by atoms with E-state index in [1.165, 1.54) is 7.11 Å². The van der Waals surface area contributed by atoms with Gasteiger partial charge in [0.2, 0.25) is 5.91 Å². The van der Waals surface area contributed by atoms with Crippen molar-refractivity contribution in [2.24, 2.45) is 5.73 Å². The summed E-state index contributed by atoms with van der Waals surface area (Å²) in [7, 11) is 1.26. The molecule has 2 unspecified atom stereocenters. The maximum atomic E-state index is 11.7. The van der Waals surface area contributed by atoms with E-state index in [4.69, 9.17) is 5.73 Å². The number of nitrogens with two attached hydrogens (primary N) is 1. The largest absolute Gasteiger partial charge is 0.468 e. The fourth-order valence-corrected chi connectivity index (χ4v) is 1.76. The number of carbonyl (C=O) groups excluding carboxylic acids is 2. The van der Waals surface area contributed by atoms with E-state index in [1.54, 1.807) is 24.3 Å². The summed E-state index contributed by atoms with van der Waals surface area (Å²) in [5.74, 6) is -1.83. The van der Waals surface area contributed by atoms with Crippen LogP contribution in [0.25, 0.3) is 0 Å². The zero-order valence-electron chi connectivity index (χ0n) is 10.2. The molecule has 3 N–H and O–H groups in total. The molecule has 0 heterocycles. The van der Waals surface area contributed by atoms with Gasteiger partial charge in [-0.2, -0.15) is 0 Å². The van der Waals surface area contributed by atoms with Crippen molar-refractivity contribution in [1.82, 2.24) is 0 Å². The Bertz CT molecular complexity index is 405. The SMILES string of the molecule is COC(=O)C(c1ccccc1)C(O)CCC(N)=O. The highest BCUT2D eigenvalue weighted by atomic mass is 16.5. The molecule has 0 aliphatic heterocycles. The number of aliphatic hydroxyl groups is 1. The van der Waals surface area contributed by atoms with Gasteiger partial charge in [-0.05, 0) is 12.0 Å². The lowest BCUT2D eigenvalue weighted by molar-refractivity contribution is -0.145. The number of aliphatic hydroxyl groups excluding tert-OH is 1. The predicted octanol–water partition coefficient (Wildman–Crippen LogP) is 0.570. The summed E-state index contributed by atoms with van der Waals surface area (Å²) in [6.45, 7) is 0. The van der Waals surface area contributed by atoms with Gasteiger partial charge in [0.15, 0.2) is 0 Å². The van der Waals surface area contributed by atoms with Gasteiger partial charge in [-0.3, -0.25) is 9.59 Å². The number of methoxy groups -OCH3 is 1. The monoisotopic (exact) mass is 251 g/mol. The fourth-order valence-electron chi connectivity index (χ4n) is 1.76. The highest BCUT2D eigenvalue weighted by molar-refractivity contribution is 5.79. The van der Waals surface area contributed by atoms with Crippen LogP contribution < -0.4 is 5.73 Å². The van der Waals surface area contributed by atoms with Crippen LogP contribution in [0.5, 0.6) is 0 Å². The lowest BCUT2D eigenvalue weighted by Crippen LogP contribution is -2.28. The molecule has 1 aromatic rings. The van der Waals surface area contributed by atoms with Crippen LogP contribution in [0.4, 0.5) is 0 Å². The molecule has 0 fully saturated rings. The van der Waals surface area contributed by atoms with Crippen LogP contribution >= 0.6 is 0 Å². The Morgan fingerprint density at radius 2 is 1.94 bits per heavy atom. The number of rotatable bonds is 6. The van der Waals surface area contributed by atoms with Gasteiger partial charge in [0.25, 0.3) is 0 Å². The van der Waals surface area contributed by atoms with Crippen LogP contribution in [-0.4, -0.2) is 30.2 Å². The van der Waals surface area contributed by atoms with E-state index >= 15 is 0 Å². The van der Waals surface area contributed by atoms with Crippen molar-refractivity contribution in [3.63, 3.8) is 0 Å². The van der Waals surface area contributed by atoms with E-state index in [-0.39, 0.29) is 12.8 Å². The minimum Gasteiger partial charge on any atom is -0.468 e. The van der Waals surface area contributed by atoms with Crippen LogP contribution in [0.3, 0.4) is 0 Å². The first-order valence-electron chi connectivity index (χ1n) is 5.65. The molecular formula is C13H17NO4. The zero-order chi connectivity index (χ0) is 13.5. The first-order chi connectivity index (χ1) is 8.56. The maximum absolute atomic E-state index is 11.7. The quantitative estimate of drug-likeness (QED) is 0.723. The molecule has 0 bridgehead atoms. The van der Waals surface area contributed by atoms with Gasteiger partial charge in [-0.25, -0.2) is 0 Å². The number of hydrogen-bond donors (Lipinski definition) is 2. The number of carbonyl (C=O) groups is 2. The smallest absolute Gasteiger partial charge is 0.315 e. The minimum absolute atomic E-state index is 0.0293. The van der Waals surface area contributed by atoms with Crippen molar-refractivity contribution < 1.29 is 19.4 Å². The van der Waals surface area contributed by atoms with Crippen LogP contribution in [0.1, 0.15) is 24.3 Å². The van der Waals surface area contributed by atoms with E-state index in [2.05, 4.69) is 4.74 Å². The fraction of sp³-hybridized carbons (Fsp3) is 0.385. The molecule has 18 heavy (non-hydrogen) atoms. The molecule has 5 heteroatoms. The van der Waals surface area contributed by atoms with E-state index in [0.717, 1.165) is 0 Å². The maximum Gasteiger partial charge on any atom is 0.315 e. The predicted molar refractivity (Wildman–Crippen MR) is 65.6 cm³/mol. The van der Waals surface area contributed by atoms with Crippen molar-refractivity contribution in [2.45, 2.75) is 24.9 Å². The van der Waals surface area contributed by atoms with Gasteiger partial charge in [-0.15, -0.1) is 0 Å². The molecule has 1 aromatic carbocycles. The highest BCUT2D eigenvalue weighted by Crippen LogP contribution is 2.23. The van der Waals surface area contributed by atoms with E-state index in [9.17, 15) is 14.7 Å². The van der Waals surface area contributed by atoms with Gasteiger partial charge in [0, 0.05) is 6.42 Å². The van der Waals surface area contributed by atoms with Crippen molar-refractivity contribution in [3.8, 4) is 0 Å². The molecule has 0 radical (unpaired) electrons. The molecule has 1 amide bonds. The highest BCUT2D eigenvalue weighted by Gasteiger charge is 2.29. The van der Waals surface area contributed by atoms with Gasteiger partial charge in [0.1, 0.15) is 5.92 Å². The average molecular weight is 251 g/mol. The first kappa shape index (κ1) is 14.2. The summed E-state index contributed by atoms with van der Waals surface area (Å²) in [6.07, 6.45) is -0.835. The average Bonchev–Trinajstić information content (AvgIpc) is 2.37. The molecular weight excluding hydrogens is 234 g/mol. The molecule has 0 aromatic heterocycles. The van der Waals surface area contributed by atoms with Crippen molar-refractivity contribution in [2.75, 3.05) is 7.11 Å². The third-order valence-electron chi connectivity index (χ3n) is 2.69. The molecule has 0 aliphatic rings. The lowest BCUT2D eigenvalue weighted by atomic mass is 9.91. The normalized spacial score (nSPS) is 13.7. The van der Waals surface area contributed by atoms with E-state index < -0.39 is 23.9 Å². The summed E-state index contributed by atoms with van der Waals surface area (Å²) in [5, 5.41) is 10.0. The number of amides is 1. The van der Waals surface area contributed by atoms with Crippen LogP contribution in [0, 0.1) is 0 Å². The van der Waals surface area contributed by atoms with Crippen molar-refractivity contribution in [3.05, 3.63) is 35.9 Å². The number of benzene rings is 1. The van der Waals surface area contributed by atoms with Crippen LogP contribution in [-0.2, 0) is 14.3 Å². The molecule has 0 saturated heterocycles. The summed E-state index contributed by atoms with van der Waals surface area (Å²) >= 11 is 0. The molecule has 0 spiro atoms. The van der Waals surface area contributed by atoms with E-state index in [0.29, 0.717) is 5.56 Å². The Labute approximate surface area is 106 Å². The summed E-state index contributed by atoms with van der Waals surface area (Å²) in [6, 6.07) is 8.82. The third-order valence-corrected chi connectivity index (χ3v) is 2.69. The Hall–Kier alpha value is -1.88. The summed E-state index contributed by atoms with van der Waals surface area (Å²) < 4.78 is 4.68. The summed E-state index contributed by atoms with van der Waals surface area (Å²) in [5.41, 5.74) is 5.68. The Kier molecular flexibility index (Phi) is 5.32. The molecule has 1 rings (SSSR count). The lowest BCUT2D eigenvalue weighted by Gasteiger charge is -2.20. The van der Waals surface area contributed by atoms with Gasteiger partial charge in [0.05, 0.1) is 13.2 Å². The van der Waals surface area contributed by atoms with Crippen LogP contribution in [0.15, 0.2) is 30.3 Å². The second-order valence-electron chi connectivity index (χ2n) is 3.98. The van der Waals surface area contributed by atoms with Crippen molar-refractivity contribution >= 4 is 11.9 Å². The van der Waals surface area contributed by atoms with Crippen molar-refractivity contribution in [1.29, 1.82) is 0 Å². The topological polar surface area (TPSA) is 89.6 Å². The minimum atomic E-state index is -0.993. The zero-order valence-corrected chi connectivity index (χ0v) is 10.2. The number of primary amides is 1. The second-order valence-corrected chi connectivity index (χ2v) is 3.98. The summed E-state index contributed by atoms with van der Waals surface area (Å²) in [4.78, 5) is 22.4. The molecule has 5 nitrogen and oxygen atoms in total. The first-order valence-corrected chi connectivity index (χ1v) is 5.65. The number of ether oxygens (including phenoxy) is 1. The Morgan fingerprint density at radius 1 is 1.33 bits per heavy atom. The van der Waals surface area contributed by atoms with Gasteiger partial charge < -0.3 is 15.6 Å². The number of esters is 1. The standard InChI is InChI=1S/C13H17NO4/c1-18-13(17)12(9-5-3-2-4-6-9)10(15)7-8-11(14)16/h2-6,10,12,15H,7-8H2,1H3,(H2,14,16).